The molecule has 0 aliphatic carbocycles. The van der Waals surface area contributed by atoms with Gasteiger partial charge in [-0.15, -0.1) is 0 Å². The molecule has 0 radical (unpaired) electrons. The zero-order valence-corrected chi connectivity index (χ0v) is 10.2. The van der Waals surface area contributed by atoms with Crippen molar-refractivity contribution in [3.8, 4) is 0 Å². The number of methoxy groups -OCH3 is 2. The van der Waals surface area contributed by atoms with Gasteiger partial charge in [0.1, 0.15) is 0 Å². The van der Waals surface area contributed by atoms with Gasteiger partial charge in [-0.3, -0.25) is 0 Å². The fraction of sp³-hybridized carbons (Fsp3) is 1.00. The summed E-state index contributed by atoms with van der Waals surface area (Å²) in [6.45, 7) is 2.23. The van der Waals surface area contributed by atoms with E-state index in [1.807, 2.05) is 0 Å². The van der Waals surface area contributed by atoms with E-state index in [4.69, 9.17) is 14.2 Å². The minimum Gasteiger partial charge on any atom is -0.370 e. The molecule has 0 spiro atoms. The van der Waals surface area contributed by atoms with Crippen LogP contribution in [0.4, 0.5) is 0 Å². The monoisotopic (exact) mass is 216 g/mol. The first-order chi connectivity index (χ1) is 7.31. The second kappa shape index (κ2) is 7.20. The molecule has 2 atom stereocenters. The topological polar surface area (TPSA) is 31.0 Å². The SMILES string of the molecule is CCCCC[C@H]1O[C@@H]1CCC(OC)OC. The average molecular weight is 216 g/mol. The van der Waals surface area contributed by atoms with Crippen LogP contribution in [0.25, 0.3) is 0 Å². The van der Waals surface area contributed by atoms with Crippen LogP contribution in [0.1, 0.15) is 45.4 Å². The van der Waals surface area contributed by atoms with Gasteiger partial charge in [-0.05, 0) is 12.8 Å². The van der Waals surface area contributed by atoms with Gasteiger partial charge in [0.05, 0.1) is 12.2 Å². The average Bonchev–Trinajstić information content (AvgIpc) is 2.99. The highest BCUT2D eigenvalue weighted by atomic mass is 16.7. The summed E-state index contributed by atoms with van der Waals surface area (Å²) >= 11 is 0. The summed E-state index contributed by atoms with van der Waals surface area (Å²) in [7, 11) is 3.36. The molecule has 1 aliphatic rings. The number of unbranched alkanes of at least 4 members (excludes halogenated alkanes) is 2. The molecule has 15 heavy (non-hydrogen) atoms. The molecule has 0 unspecified atom stereocenters. The molecule has 1 rings (SSSR count). The Hall–Kier alpha value is -0.120. The molecule has 0 aromatic carbocycles. The van der Waals surface area contributed by atoms with Gasteiger partial charge >= 0.3 is 0 Å². The molecule has 0 bridgehead atoms. The molecule has 0 N–H and O–H groups in total. The van der Waals surface area contributed by atoms with E-state index < -0.39 is 0 Å². The molecular weight excluding hydrogens is 192 g/mol. The normalized spacial score (nSPS) is 24.8. The Morgan fingerprint density at radius 3 is 2.33 bits per heavy atom. The Kier molecular flexibility index (Phi) is 6.22. The molecule has 3 heteroatoms. The fourth-order valence-corrected chi connectivity index (χ4v) is 1.91. The Morgan fingerprint density at radius 2 is 1.73 bits per heavy atom. The number of epoxide rings is 1. The van der Waals surface area contributed by atoms with Crippen molar-refractivity contribution in [3.05, 3.63) is 0 Å². The zero-order valence-electron chi connectivity index (χ0n) is 10.2. The maximum Gasteiger partial charge on any atom is 0.156 e. The van der Waals surface area contributed by atoms with Gasteiger partial charge in [0.15, 0.2) is 6.29 Å². The van der Waals surface area contributed by atoms with Gasteiger partial charge < -0.3 is 14.2 Å². The van der Waals surface area contributed by atoms with Crippen molar-refractivity contribution in [2.75, 3.05) is 14.2 Å². The molecule has 1 saturated heterocycles. The Morgan fingerprint density at radius 1 is 1.07 bits per heavy atom. The summed E-state index contributed by atoms with van der Waals surface area (Å²) in [6.07, 6.45) is 8.05. The number of ether oxygens (including phenoxy) is 3. The smallest absolute Gasteiger partial charge is 0.156 e. The standard InChI is InChI=1S/C12H24O3/c1-4-5-6-7-10-11(15-10)8-9-12(13-2)14-3/h10-12H,4-9H2,1-3H3/t10-,11-/m1/s1. The lowest BCUT2D eigenvalue weighted by molar-refractivity contribution is -0.107. The molecule has 0 aromatic heterocycles. The van der Waals surface area contributed by atoms with Gasteiger partial charge in [-0.1, -0.05) is 26.2 Å². The van der Waals surface area contributed by atoms with E-state index in [-0.39, 0.29) is 6.29 Å². The van der Waals surface area contributed by atoms with Crippen LogP contribution in [0.15, 0.2) is 0 Å². The molecule has 1 fully saturated rings. The van der Waals surface area contributed by atoms with Crippen LogP contribution in [0.5, 0.6) is 0 Å². The van der Waals surface area contributed by atoms with Crippen LogP contribution in [-0.2, 0) is 14.2 Å². The number of hydrogen-bond donors (Lipinski definition) is 0. The second-order valence-electron chi connectivity index (χ2n) is 4.19. The van der Waals surface area contributed by atoms with E-state index in [1.165, 1.54) is 25.7 Å². The van der Waals surface area contributed by atoms with E-state index in [0.29, 0.717) is 12.2 Å². The predicted octanol–water partition coefficient (Wildman–Crippen LogP) is 2.73. The highest BCUT2D eigenvalue weighted by Crippen LogP contribution is 2.31. The zero-order chi connectivity index (χ0) is 11.1. The number of rotatable bonds is 9. The molecular formula is C12H24O3. The van der Waals surface area contributed by atoms with Crippen LogP contribution >= 0.6 is 0 Å². The fourth-order valence-electron chi connectivity index (χ4n) is 1.91. The quantitative estimate of drug-likeness (QED) is 0.337. The van der Waals surface area contributed by atoms with Crippen molar-refractivity contribution >= 4 is 0 Å². The van der Waals surface area contributed by atoms with Gasteiger partial charge in [0, 0.05) is 20.6 Å². The van der Waals surface area contributed by atoms with E-state index >= 15 is 0 Å². The van der Waals surface area contributed by atoms with Crippen molar-refractivity contribution in [3.63, 3.8) is 0 Å². The van der Waals surface area contributed by atoms with E-state index in [9.17, 15) is 0 Å². The highest BCUT2D eigenvalue weighted by Gasteiger charge is 2.37. The summed E-state index contributed by atoms with van der Waals surface area (Å²) in [5.41, 5.74) is 0. The third kappa shape index (κ3) is 4.96. The molecule has 1 aliphatic heterocycles. The van der Waals surface area contributed by atoms with Gasteiger partial charge in [-0.2, -0.15) is 0 Å². The Bertz CT molecular complexity index is 157. The minimum atomic E-state index is -0.0644. The summed E-state index contributed by atoms with van der Waals surface area (Å²) in [5, 5.41) is 0. The Labute approximate surface area is 93.1 Å². The summed E-state index contributed by atoms with van der Waals surface area (Å²) < 4.78 is 15.9. The molecule has 90 valence electrons. The number of hydrogen-bond acceptors (Lipinski definition) is 3. The predicted molar refractivity (Wildman–Crippen MR) is 59.8 cm³/mol. The lowest BCUT2D eigenvalue weighted by Gasteiger charge is -2.11. The van der Waals surface area contributed by atoms with Crippen LogP contribution in [0.2, 0.25) is 0 Å². The van der Waals surface area contributed by atoms with Crippen molar-refractivity contribution < 1.29 is 14.2 Å². The maximum atomic E-state index is 5.59. The van der Waals surface area contributed by atoms with Crippen LogP contribution in [0, 0.1) is 0 Å². The minimum absolute atomic E-state index is 0.0644. The van der Waals surface area contributed by atoms with Crippen LogP contribution in [-0.4, -0.2) is 32.7 Å². The first-order valence-corrected chi connectivity index (χ1v) is 6.02. The third-order valence-electron chi connectivity index (χ3n) is 2.99. The van der Waals surface area contributed by atoms with Crippen molar-refractivity contribution in [1.29, 1.82) is 0 Å². The molecule has 0 saturated carbocycles. The lowest BCUT2D eigenvalue weighted by Crippen LogP contribution is -2.13. The molecule has 0 amide bonds. The van der Waals surface area contributed by atoms with Crippen molar-refractivity contribution in [1.82, 2.24) is 0 Å². The van der Waals surface area contributed by atoms with Gasteiger partial charge in [0.25, 0.3) is 0 Å². The van der Waals surface area contributed by atoms with Gasteiger partial charge in [-0.25, -0.2) is 0 Å². The van der Waals surface area contributed by atoms with Crippen molar-refractivity contribution in [2.45, 2.75) is 63.9 Å². The van der Waals surface area contributed by atoms with Crippen LogP contribution in [0.3, 0.4) is 0 Å². The second-order valence-corrected chi connectivity index (χ2v) is 4.19. The van der Waals surface area contributed by atoms with E-state index in [0.717, 1.165) is 12.8 Å². The molecule has 3 nitrogen and oxygen atoms in total. The Balaban J connectivity index is 1.96. The first kappa shape index (κ1) is 12.9. The van der Waals surface area contributed by atoms with E-state index in [1.54, 1.807) is 14.2 Å². The highest BCUT2D eigenvalue weighted by molar-refractivity contribution is 4.84. The molecule has 1 heterocycles. The first-order valence-electron chi connectivity index (χ1n) is 6.02. The third-order valence-corrected chi connectivity index (χ3v) is 2.99. The summed E-state index contributed by atoms with van der Waals surface area (Å²) in [4.78, 5) is 0. The largest absolute Gasteiger partial charge is 0.370 e. The van der Waals surface area contributed by atoms with Crippen LogP contribution < -0.4 is 0 Å². The summed E-state index contributed by atoms with van der Waals surface area (Å²) in [6, 6.07) is 0. The van der Waals surface area contributed by atoms with Crippen molar-refractivity contribution in [2.24, 2.45) is 0 Å². The van der Waals surface area contributed by atoms with E-state index in [2.05, 4.69) is 6.92 Å². The molecule has 0 aromatic rings. The van der Waals surface area contributed by atoms with Gasteiger partial charge in [0.2, 0.25) is 0 Å². The maximum absolute atomic E-state index is 5.59. The lowest BCUT2D eigenvalue weighted by atomic mass is 10.1. The summed E-state index contributed by atoms with van der Waals surface area (Å²) in [5.74, 6) is 0.